The molecule has 1 aliphatic rings. The number of nitrogens with one attached hydrogen (secondary N) is 1. The molecule has 1 aromatic rings. The van der Waals surface area contributed by atoms with Gasteiger partial charge in [-0.05, 0) is 44.5 Å². The number of rotatable bonds is 5. The lowest BCUT2D eigenvalue weighted by molar-refractivity contribution is 0.337. The highest BCUT2D eigenvalue weighted by atomic mass is 35.5. The summed E-state index contributed by atoms with van der Waals surface area (Å²) in [7, 11) is 2.17. The Bertz CT molecular complexity index is 402. The number of anilines is 2. The molecule has 0 spiro atoms. The molecule has 3 nitrogen and oxygen atoms in total. The summed E-state index contributed by atoms with van der Waals surface area (Å²) in [5.74, 6) is 0. The van der Waals surface area contributed by atoms with E-state index in [2.05, 4.69) is 17.3 Å². The molecule has 1 fully saturated rings. The van der Waals surface area contributed by atoms with Crippen LogP contribution in [0.4, 0.5) is 11.4 Å². The van der Waals surface area contributed by atoms with Crippen molar-refractivity contribution >= 4 is 23.0 Å². The monoisotopic (exact) mass is 253 g/mol. The maximum atomic E-state index is 6.08. The smallest absolute Gasteiger partial charge is 0.0619 e. The fourth-order valence-electron chi connectivity index (χ4n) is 2.00. The van der Waals surface area contributed by atoms with Crippen molar-refractivity contribution in [3.05, 3.63) is 22.7 Å². The highest BCUT2D eigenvalue weighted by Gasteiger charge is 2.25. The van der Waals surface area contributed by atoms with Crippen molar-refractivity contribution < 1.29 is 0 Å². The molecule has 0 aliphatic heterocycles. The van der Waals surface area contributed by atoms with Crippen LogP contribution in [0.1, 0.15) is 18.4 Å². The Labute approximate surface area is 108 Å². The van der Waals surface area contributed by atoms with E-state index >= 15 is 0 Å². The minimum absolute atomic E-state index is 0.761. The van der Waals surface area contributed by atoms with E-state index in [1.165, 1.54) is 12.8 Å². The molecule has 0 atom stereocenters. The van der Waals surface area contributed by atoms with Gasteiger partial charge in [0.2, 0.25) is 0 Å². The molecule has 0 aromatic heterocycles. The summed E-state index contributed by atoms with van der Waals surface area (Å²) in [6.07, 6.45) is 2.68. The van der Waals surface area contributed by atoms with Crippen molar-refractivity contribution in [3.8, 4) is 0 Å². The van der Waals surface area contributed by atoms with E-state index in [9.17, 15) is 0 Å². The lowest BCUT2D eigenvalue weighted by Crippen LogP contribution is -2.27. The van der Waals surface area contributed by atoms with E-state index in [-0.39, 0.29) is 0 Å². The maximum absolute atomic E-state index is 6.08. The number of benzene rings is 1. The SMILES string of the molecule is Cc1c(Cl)ccc(N)c1NCCN(C)C1CC1. The third kappa shape index (κ3) is 3.05. The first-order valence-corrected chi connectivity index (χ1v) is 6.46. The molecule has 0 radical (unpaired) electrons. The van der Waals surface area contributed by atoms with Crippen LogP contribution in [0.3, 0.4) is 0 Å². The number of nitrogens with two attached hydrogens (primary N) is 1. The molecule has 4 heteroatoms. The van der Waals surface area contributed by atoms with Gasteiger partial charge in [0.05, 0.1) is 11.4 Å². The van der Waals surface area contributed by atoms with Crippen LogP contribution in [0.2, 0.25) is 5.02 Å². The molecule has 0 heterocycles. The largest absolute Gasteiger partial charge is 0.397 e. The second-order valence-corrected chi connectivity index (χ2v) is 5.18. The molecular weight excluding hydrogens is 234 g/mol. The molecule has 94 valence electrons. The van der Waals surface area contributed by atoms with Gasteiger partial charge in [0.25, 0.3) is 0 Å². The second kappa shape index (κ2) is 5.15. The van der Waals surface area contributed by atoms with Crippen molar-refractivity contribution in [1.29, 1.82) is 0 Å². The summed E-state index contributed by atoms with van der Waals surface area (Å²) in [4.78, 5) is 2.39. The van der Waals surface area contributed by atoms with Gasteiger partial charge < -0.3 is 16.0 Å². The van der Waals surface area contributed by atoms with Gasteiger partial charge in [-0.25, -0.2) is 0 Å². The number of hydrogen-bond acceptors (Lipinski definition) is 3. The zero-order chi connectivity index (χ0) is 12.4. The molecule has 2 rings (SSSR count). The molecule has 0 unspecified atom stereocenters. The lowest BCUT2D eigenvalue weighted by Gasteiger charge is -2.18. The van der Waals surface area contributed by atoms with Gasteiger partial charge in [-0.3, -0.25) is 0 Å². The van der Waals surface area contributed by atoms with Crippen LogP contribution in [0.15, 0.2) is 12.1 Å². The van der Waals surface area contributed by atoms with Crippen molar-refractivity contribution in [1.82, 2.24) is 4.90 Å². The highest BCUT2D eigenvalue weighted by molar-refractivity contribution is 6.31. The molecule has 0 bridgehead atoms. The van der Waals surface area contributed by atoms with E-state index in [4.69, 9.17) is 17.3 Å². The minimum atomic E-state index is 0.761. The summed E-state index contributed by atoms with van der Waals surface area (Å²) in [5.41, 5.74) is 8.71. The standard InChI is InChI=1S/C13H20ClN3/c1-9-11(14)5-6-12(15)13(9)16-7-8-17(2)10-3-4-10/h5-6,10,16H,3-4,7-8,15H2,1-2H3. The van der Waals surface area contributed by atoms with Crippen LogP contribution >= 0.6 is 11.6 Å². The molecule has 3 N–H and O–H groups in total. The van der Waals surface area contributed by atoms with Gasteiger partial charge in [-0.2, -0.15) is 0 Å². The molecule has 17 heavy (non-hydrogen) atoms. The van der Waals surface area contributed by atoms with Crippen LogP contribution in [0, 0.1) is 6.92 Å². The average Bonchev–Trinajstić information content (AvgIpc) is 3.12. The summed E-state index contributed by atoms with van der Waals surface area (Å²) in [6.45, 7) is 3.93. The fraction of sp³-hybridized carbons (Fsp3) is 0.538. The Hall–Kier alpha value is -0.930. The molecule has 0 saturated heterocycles. The fourth-order valence-corrected chi connectivity index (χ4v) is 2.15. The van der Waals surface area contributed by atoms with Crippen molar-refractivity contribution in [2.24, 2.45) is 0 Å². The number of likely N-dealkylation sites (N-methyl/N-ethyl adjacent to an activating group) is 1. The van der Waals surface area contributed by atoms with Gasteiger partial charge >= 0.3 is 0 Å². The number of nitrogen functional groups attached to an aromatic ring is 1. The van der Waals surface area contributed by atoms with E-state index < -0.39 is 0 Å². The lowest BCUT2D eigenvalue weighted by atomic mass is 10.1. The van der Waals surface area contributed by atoms with Crippen molar-refractivity contribution in [3.63, 3.8) is 0 Å². The highest BCUT2D eigenvalue weighted by Crippen LogP contribution is 2.29. The molecule has 1 saturated carbocycles. The Balaban J connectivity index is 1.91. The van der Waals surface area contributed by atoms with Gasteiger partial charge in [-0.15, -0.1) is 0 Å². The minimum Gasteiger partial charge on any atom is -0.397 e. The van der Waals surface area contributed by atoms with E-state index in [0.29, 0.717) is 0 Å². The molecule has 1 aromatic carbocycles. The first kappa shape index (κ1) is 12.5. The third-order valence-corrected chi connectivity index (χ3v) is 3.78. The summed E-state index contributed by atoms with van der Waals surface area (Å²) in [5, 5.41) is 4.15. The Morgan fingerprint density at radius 2 is 2.18 bits per heavy atom. The first-order chi connectivity index (χ1) is 8.09. The summed E-state index contributed by atoms with van der Waals surface area (Å²) in [6, 6.07) is 4.49. The summed E-state index contributed by atoms with van der Waals surface area (Å²) >= 11 is 6.08. The third-order valence-electron chi connectivity index (χ3n) is 3.37. The van der Waals surface area contributed by atoms with Gasteiger partial charge in [-0.1, -0.05) is 11.6 Å². The quantitative estimate of drug-likeness (QED) is 0.793. The second-order valence-electron chi connectivity index (χ2n) is 4.78. The van der Waals surface area contributed by atoms with Crippen LogP contribution in [-0.4, -0.2) is 31.1 Å². The zero-order valence-corrected chi connectivity index (χ0v) is 11.2. The normalized spacial score (nSPS) is 15.3. The van der Waals surface area contributed by atoms with Crippen LogP contribution in [0.5, 0.6) is 0 Å². The van der Waals surface area contributed by atoms with Crippen LogP contribution in [0.25, 0.3) is 0 Å². The van der Waals surface area contributed by atoms with Crippen molar-refractivity contribution in [2.75, 3.05) is 31.2 Å². The topological polar surface area (TPSA) is 41.3 Å². The Morgan fingerprint density at radius 1 is 1.47 bits per heavy atom. The maximum Gasteiger partial charge on any atom is 0.0619 e. The average molecular weight is 254 g/mol. The summed E-state index contributed by atoms with van der Waals surface area (Å²) < 4.78 is 0. The zero-order valence-electron chi connectivity index (χ0n) is 10.5. The van der Waals surface area contributed by atoms with Crippen LogP contribution < -0.4 is 11.1 Å². The molecule has 0 amide bonds. The van der Waals surface area contributed by atoms with E-state index in [0.717, 1.165) is 41.1 Å². The number of hydrogen-bond donors (Lipinski definition) is 2. The van der Waals surface area contributed by atoms with Gasteiger partial charge in [0, 0.05) is 24.2 Å². The first-order valence-electron chi connectivity index (χ1n) is 6.08. The Kier molecular flexibility index (Phi) is 3.79. The Morgan fingerprint density at radius 3 is 2.82 bits per heavy atom. The van der Waals surface area contributed by atoms with Crippen molar-refractivity contribution in [2.45, 2.75) is 25.8 Å². The number of nitrogens with zero attached hydrogens (tertiary/aromatic N) is 1. The number of halogens is 1. The van der Waals surface area contributed by atoms with Crippen LogP contribution in [-0.2, 0) is 0 Å². The predicted molar refractivity (Wildman–Crippen MR) is 74.7 cm³/mol. The van der Waals surface area contributed by atoms with E-state index in [1.54, 1.807) is 0 Å². The van der Waals surface area contributed by atoms with Gasteiger partial charge in [0.1, 0.15) is 0 Å². The van der Waals surface area contributed by atoms with E-state index in [1.807, 2.05) is 19.1 Å². The predicted octanol–water partition coefficient (Wildman–Crippen LogP) is 2.74. The molecular formula is C13H20ClN3. The van der Waals surface area contributed by atoms with Gasteiger partial charge in [0.15, 0.2) is 0 Å². The molecule has 1 aliphatic carbocycles.